The molecule has 104 valence electrons. The third-order valence-electron chi connectivity index (χ3n) is 3.08. The van der Waals surface area contributed by atoms with Gasteiger partial charge in [0.1, 0.15) is 0 Å². The molecule has 18 heavy (non-hydrogen) atoms. The number of rotatable bonds is 5. The molecule has 0 bridgehead atoms. The first-order chi connectivity index (χ1) is 8.49. The van der Waals surface area contributed by atoms with E-state index in [0.717, 1.165) is 19.4 Å². The highest BCUT2D eigenvalue weighted by atomic mass is 16.2. The van der Waals surface area contributed by atoms with Crippen molar-refractivity contribution in [3.05, 3.63) is 0 Å². The topological polar surface area (TPSA) is 70.2 Å². The molecule has 1 aliphatic heterocycles. The minimum absolute atomic E-state index is 0.0129. The van der Waals surface area contributed by atoms with Crippen LogP contribution >= 0.6 is 0 Å². The monoisotopic (exact) mass is 255 g/mol. The van der Waals surface area contributed by atoms with E-state index in [0.29, 0.717) is 18.9 Å². The van der Waals surface area contributed by atoms with Gasteiger partial charge in [-0.3, -0.25) is 9.59 Å². The zero-order chi connectivity index (χ0) is 13.5. The van der Waals surface area contributed by atoms with Crippen LogP contribution in [-0.2, 0) is 9.59 Å². The number of nitrogens with one attached hydrogen (secondary N) is 3. The summed E-state index contributed by atoms with van der Waals surface area (Å²) in [5.41, 5.74) is 0. The highest BCUT2D eigenvalue weighted by Gasteiger charge is 2.24. The van der Waals surface area contributed by atoms with E-state index >= 15 is 0 Å². The van der Waals surface area contributed by atoms with Gasteiger partial charge in [-0.2, -0.15) is 0 Å². The van der Waals surface area contributed by atoms with Crippen LogP contribution in [0, 0.1) is 5.92 Å². The molecule has 0 spiro atoms. The van der Waals surface area contributed by atoms with E-state index in [1.165, 1.54) is 0 Å². The Morgan fingerprint density at radius 2 is 2.11 bits per heavy atom. The summed E-state index contributed by atoms with van der Waals surface area (Å²) in [6.45, 7) is 7.31. The van der Waals surface area contributed by atoms with E-state index in [9.17, 15) is 9.59 Å². The van der Waals surface area contributed by atoms with Gasteiger partial charge >= 0.3 is 0 Å². The average molecular weight is 255 g/mol. The van der Waals surface area contributed by atoms with Crippen LogP contribution in [0.25, 0.3) is 0 Å². The van der Waals surface area contributed by atoms with Crippen LogP contribution in [-0.4, -0.2) is 37.0 Å². The molecule has 1 aliphatic rings. The van der Waals surface area contributed by atoms with Crippen LogP contribution in [0.3, 0.4) is 0 Å². The Kier molecular flexibility index (Phi) is 6.12. The molecule has 0 aromatic rings. The van der Waals surface area contributed by atoms with Crippen molar-refractivity contribution >= 4 is 11.8 Å². The molecule has 0 radical (unpaired) electrons. The predicted octanol–water partition coefficient (Wildman–Crippen LogP) is 0.405. The summed E-state index contributed by atoms with van der Waals surface area (Å²) < 4.78 is 0. The Morgan fingerprint density at radius 3 is 2.72 bits per heavy atom. The van der Waals surface area contributed by atoms with Gasteiger partial charge in [-0.25, -0.2) is 0 Å². The lowest BCUT2D eigenvalue weighted by atomic mass is 9.94. The second-order valence-corrected chi connectivity index (χ2v) is 5.40. The molecule has 2 unspecified atom stereocenters. The maximum absolute atomic E-state index is 11.8. The minimum Gasteiger partial charge on any atom is -0.354 e. The average Bonchev–Trinajstić information content (AvgIpc) is 2.27. The zero-order valence-electron chi connectivity index (χ0n) is 11.6. The van der Waals surface area contributed by atoms with Crippen LogP contribution < -0.4 is 16.0 Å². The summed E-state index contributed by atoms with van der Waals surface area (Å²) in [7, 11) is 0. The van der Waals surface area contributed by atoms with Gasteiger partial charge in [0, 0.05) is 19.0 Å². The Bertz CT molecular complexity index is 292. The summed E-state index contributed by atoms with van der Waals surface area (Å²) in [5, 5.41) is 8.82. The highest BCUT2D eigenvalue weighted by molar-refractivity contribution is 5.83. The van der Waals surface area contributed by atoms with Gasteiger partial charge in [0.15, 0.2) is 0 Å². The zero-order valence-corrected chi connectivity index (χ0v) is 11.6. The fourth-order valence-electron chi connectivity index (χ4n) is 2.12. The van der Waals surface area contributed by atoms with Gasteiger partial charge in [-0.15, -0.1) is 0 Å². The number of carbonyl (C=O) groups is 2. The van der Waals surface area contributed by atoms with Crippen molar-refractivity contribution in [1.82, 2.24) is 16.0 Å². The van der Waals surface area contributed by atoms with Crippen molar-refractivity contribution in [3.8, 4) is 0 Å². The predicted molar refractivity (Wildman–Crippen MR) is 71.1 cm³/mol. The van der Waals surface area contributed by atoms with Crippen LogP contribution in [0.4, 0.5) is 0 Å². The quantitative estimate of drug-likeness (QED) is 0.666. The summed E-state index contributed by atoms with van der Waals surface area (Å²) in [4.78, 5) is 23.2. The van der Waals surface area contributed by atoms with E-state index in [1.807, 2.05) is 13.8 Å². The first kappa shape index (κ1) is 15.0. The van der Waals surface area contributed by atoms with Crippen molar-refractivity contribution in [2.75, 3.05) is 13.1 Å². The summed E-state index contributed by atoms with van der Waals surface area (Å²) in [6, 6.07) is 0.0518. The molecule has 0 saturated carbocycles. The number of piperidine rings is 1. The number of carbonyl (C=O) groups excluding carboxylic acids is 2. The number of hydrogen-bond donors (Lipinski definition) is 3. The molecule has 1 heterocycles. The van der Waals surface area contributed by atoms with E-state index in [-0.39, 0.29) is 23.9 Å². The minimum atomic E-state index is -0.0955. The molecule has 0 aromatic heterocycles. The smallest absolute Gasteiger partial charge is 0.237 e. The largest absolute Gasteiger partial charge is 0.354 e. The molecule has 2 atom stereocenters. The van der Waals surface area contributed by atoms with Crippen LogP contribution in [0.1, 0.15) is 40.0 Å². The van der Waals surface area contributed by atoms with E-state index in [1.54, 1.807) is 0 Å². The maximum atomic E-state index is 11.8. The molecule has 5 nitrogen and oxygen atoms in total. The van der Waals surface area contributed by atoms with Crippen molar-refractivity contribution in [2.24, 2.45) is 5.92 Å². The van der Waals surface area contributed by atoms with Crippen LogP contribution in [0.2, 0.25) is 0 Å². The first-order valence-electron chi connectivity index (χ1n) is 6.79. The van der Waals surface area contributed by atoms with Crippen molar-refractivity contribution < 1.29 is 9.59 Å². The van der Waals surface area contributed by atoms with Crippen molar-refractivity contribution in [2.45, 2.75) is 52.1 Å². The molecular weight excluding hydrogens is 230 g/mol. The SMILES string of the molecule is CC1CCNC(C(=O)NCCC(=O)NC(C)C)C1. The van der Waals surface area contributed by atoms with E-state index in [2.05, 4.69) is 22.9 Å². The van der Waals surface area contributed by atoms with Gasteiger partial charge < -0.3 is 16.0 Å². The van der Waals surface area contributed by atoms with Gasteiger partial charge in [0.25, 0.3) is 0 Å². The standard InChI is InChI=1S/C13H25N3O2/c1-9(2)16-12(17)5-7-15-13(18)11-8-10(3)4-6-14-11/h9-11,14H,4-8H2,1-3H3,(H,15,18)(H,16,17). The fourth-order valence-corrected chi connectivity index (χ4v) is 2.12. The molecule has 3 N–H and O–H groups in total. The molecule has 0 aromatic carbocycles. The maximum Gasteiger partial charge on any atom is 0.237 e. The normalized spacial score (nSPS) is 23.8. The van der Waals surface area contributed by atoms with Crippen LogP contribution in [0.15, 0.2) is 0 Å². The molecular formula is C13H25N3O2. The van der Waals surface area contributed by atoms with Crippen molar-refractivity contribution in [1.29, 1.82) is 0 Å². The second-order valence-electron chi connectivity index (χ2n) is 5.40. The van der Waals surface area contributed by atoms with Gasteiger partial charge in [0.2, 0.25) is 11.8 Å². The molecule has 1 saturated heterocycles. The molecule has 5 heteroatoms. The number of amides is 2. The Labute approximate surface area is 109 Å². The third kappa shape index (κ3) is 5.49. The van der Waals surface area contributed by atoms with Gasteiger partial charge in [0.05, 0.1) is 6.04 Å². The second kappa shape index (κ2) is 7.36. The van der Waals surface area contributed by atoms with E-state index in [4.69, 9.17) is 0 Å². The highest BCUT2D eigenvalue weighted by Crippen LogP contribution is 2.14. The Morgan fingerprint density at radius 1 is 1.39 bits per heavy atom. The van der Waals surface area contributed by atoms with Gasteiger partial charge in [-0.1, -0.05) is 6.92 Å². The Balaban J connectivity index is 2.18. The number of hydrogen-bond acceptors (Lipinski definition) is 3. The lowest BCUT2D eigenvalue weighted by Crippen LogP contribution is -2.49. The first-order valence-corrected chi connectivity index (χ1v) is 6.79. The molecule has 0 aliphatic carbocycles. The lowest BCUT2D eigenvalue weighted by molar-refractivity contribution is -0.124. The molecule has 2 amide bonds. The summed E-state index contributed by atoms with van der Waals surface area (Å²) in [5.74, 6) is 0.584. The lowest BCUT2D eigenvalue weighted by Gasteiger charge is -2.27. The molecule has 1 rings (SSSR count). The fraction of sp³-hybridized carbons (Fsp3) is 0.846. The van der Waals surface area contributed by atoms with Crippen LogP contribution in [0.5, 0.6) is 0 Å². The molecule has 1 fully saturated rings. The van der Waals surface area contributed by atoms with E-state index < -0.39 is 0 Å². The van der Waals surface area contributed by atoms with Crippen molar-refractivity contribution in [3.63, 3.8) is 0 Å². The summed E-state index contributed by atoms with van der Waals surface area (Å²) >= 11 is 0. The Hall–Kier alpha value is -1.10. The third-order valence-corrected chi connectivity index (χ3v) is 3.08. The summed E-state index contributed by atoms with van der Waals surface area (Å²) in [6.07, 6.45) is 2.34. The van der Waals surface area contributed by atoms with Gasteiger partial charge in [-0.05, 0) is 39.2 Å².